The van der Waals surface area contributed by atoms with Gasteiger partial charge in [0.2, 0.25) is 0 Å². The number of nitrogen functional groups attached to an aromatic ring is 1. The third kappa shape index (κ3) is 4.06. The average molecular weight is 372 g/mol. The molecule has 0 amide bonds. The fourth-order valence-electron chi connectivity index (χ4n) is 1.35. The van der Waals surface area contributed by atoms with Crippen molar-refractivity contribution in [3.05, 3.63) is 61.1 Å². The van der Waals surface area contributed by atoms with Gasteiger partial charge in [-0.25, -0.2) is 0 Å². The zero-order chi connectivity index (χ0) is 16.9. The summed E-state index contributed by atoms with van der Waals surface area (Å²) in [6.07, 6.45) is 0. The Morgan fingerprint density at radius 3 is 1.77 bits per heavy atom. The number of phenolic OH excluding ortho intramolecular Hbond substituents is 2. The monoisotopic (exact) mass is 371 g/mol. The van der Waals surface area contributed by atoms with Crippen LogP contribution in [0.25, 0.3) is 0 Å². The number of nitro groups is 2. The molecule has 0 atom stereocenters. The van der Waals surface area contributed by atoms with Crippen LogP contribution in [0.2, 0.25) is 0 Å². The van der Waals surface area contributed by atoms with E-state index in [1.807, 2.05) is 0 Å². The Hall–Kier alpha value is -2.88. The van der Waals surface area contributed by atoms with Gasteiger partial charge >= 0.3 is 0 Å². The molecule has 0 heterocycles. The van der Waals surface area contributed by atoms with Crippen LogP contribution in [0.5, 0.6) is 11.5 Å². The molecule has 0 aromatic heterocycles. The number of halogens is 1. The first-order valence-electron chi connectivity index (χ1n) is 5.59. The predicted molar refractivity (Wildman–Crippen MR) is 81.6 cm³/mol. The van der Waals surface area contributed by atoms with Gasteiger partial charge in [-0.2, -0.15) is 0 Å². The van der Waals surface area contributed by atoms with Crippen molar-refractivity contribution in [3.63, 3.8) is 0 Å². The summed E-state index contributed by atoms with van der Waals surface area (Å²) in [5, 5.41) is 38.3. The molecule has 0 unspecified atom stereocenters. The number of nitrogens with zero attached hydrogens (tertiary/aromatic N) is 2. The lowest BCUT2D eigenvalue weighted by Crippen LogP contribution is -1.94. The Bertz CT molecular complexity index is 661. The lowest BCUT2D eigenvalue weighted by atomic mass is 10.2. The molecular weight excluding hydrogens is 362 g/mol. The molecule has 116 valence electrons. The van der Waals surface area contributed by atoms with Crippen LogP contribution in [-0.4, -0.2) is 20.1 Å². The van der Waals surface area contributed by atoms with Gasteiger partial charge in [0.15, 0.2) is 5.69 Å². The van der Waals surface area contributed by atoms with Crippen LogP contribution in [-0.2, 0) is 0 Å². The number of para-hydroxylation sites is 1. The van der Waals surface area contributed by atoms with E-state index in [0.717, 1.165) is 0 Å². The molecule has 0 fully saturated rings. The van der Waals surface area contributed by atoms with E-state index in [9.17, 15) is 20.2 Å². The summed E-state index contributed by atoms with van der Waals surface area (Å²) in [4.78, 5) is 19.2. The van der Waals surface area contributed by atoms with Crippen LogP contribution in [0, 0.1) is 20.2 Å². The minimum atomic E-state index is -0.644. The molecule has 10 heteroatoms. The van der Waals surface area contributed by atoms with Crippen LogP contribution in [0.1, 0.15) is 0 Å². The maximum absolute atomic E-state index is 10.2. The topological polar surface area (TPSA) is 153 Å². The van der Waals surface area contributed by atoms with E-state index in [-0.39, 0.29) is 33.0 Å². The van der Waals surface area contributed by atoms with Gasteiger partial charge in [-0.3, -0.25) is 20.2 Å². The number of nitrogens with two attached hydrogens (primary N) is 1. The quantitative estimate of drug-likeness (QED) is 0.317. The normalized spacial score (nSPS) is 9.50. The van der Waals surface area contributed by atoms with Gasteiger partial charge in [0.25, 0.3) is 11.4 Å². The number of phenols is 2. The lowest BCUT2D eigenvalue weighted by molar-refractivity contribution is -0.385. The van der Waals surface area contributed by atoms with Crippen molar-refractivity contribution in [2.24, 2.45) is 0 Å². The standard InChI is InChI=1S/C6H4BrNO3.C6H6N2O3/c2*7-6-4(8(10)11)2-1-3-5(6)9/h1-3,9H;1-3,9H,7H2. The summed E-state index contributed by atoms with van der Waals surface area (Å²) in [5.41, 5.74) is 4.59. The molecule has 0 aliphatic rings. The highest BCUT2D eigenvalue weighted by Gasteiger charge is 2.13. The third-order valence-corrected chi connectivity index (χ3v) is 3.22. The smallest absolute Gasteiger partial charge is 0.295 e. The maximum atomic E-state index is 10.2. The molecule has 2 aromatic carbocycles. The fourth-order valence-corrected chi connectivity index (χ4v) is 1.76. The average Bonchev–Trinajstić information content (AvgIpc) is 2.45. The van der Waals surface area contributed by atoms with E-state index >= 15 is 0 Å². The predicted octanol–water partition coefficient (Wildman–Crippen LogP) is 2.95. The van der Waals surface area contributed by atoms with Crippen molar-refractivity contribution in [1.29, 1.82) is 0 Å². The number of aromatic hydroxyl groups is 2. The largest absolute Gasteiger partial charge is 0.507 e. The first-order valence-corrected chi connectivity index (χ1v) is 6.38. The molecule has 22 heavy (non-hydrogen) atoms. The summed E-state index contributed by atoms with van der Waals surface area (Å²) < 4.78 is 0.116. The van der Waals surface area contributed by atoms with Gasteiger partial charge in [-0.15, -0.1) is 0 Å². The van der Waals surface area contributed by atoms with Crippen LogP contribution < -0.4 is 5.73 Å². The van der Waals surface area contributed by atoms with Crippen molar-refractivity contribution >= 4 is 33.0 Å². The molecule has 4 N–H and O–H groups in total. The number of anilines is 1. The Morgan fingerprint density at radius 1 is 0.909 bits per heavy atom. The Morgan fingerprint density at radius 2 is 1.36 bits per heavy atom. The van der Waals surface area contributed by atoms with Crippen LogP contribution in [0.15, 0.2) is 40.9 Å². The number of rotatable bonds is 2. The zero-order valence-corrected chi connectivity index (χ0v) is 12.4. The second-order valence-electron chi connectivity index (χ2n) is 3.83. The van der Waals surface area contributed by atoms with Gasteiger partial charge in [0.05, 0.1) is 9.85 Å². The van der Waals surface area contributed by atoms with Crippen LogP contribution >= 0.6 is 15.9 Å². The second-order valence-corrected chi connectivity index (χ2v) is 4.63. The summed E-state index contributed by atoms with van der Waals surface area (Å²) in [7, 11) is 0. The number of hydrogen-bond acceptors (Lipinski definition) is 7. The Labute approximate surface area is 132 Å². The highest BCUT2D eigenvalue weighted by molar-refractivity contribution is 9.10. The molecule has 0 spiro atoms. The molecular formula is C12H10BrN3O6. The van der Waals surface area contributed by atoms with E-state index < -0.39 is 9.85 Å². The van der Waals surface area contributed by atoms with Gasteiger partial charge in [0, 0.05) is 12.1 Å². The molecule has 0 aliphatic carbocycles. The summed E-state index contributed by atoms with van der Waals surface area (Å²) >= 11 is 2.89. The molecule has 0 saturated heterocycles. The number of hydrogen-bond donors (Lipinski definition) is 3. The highest BCUT2D eigenvalue weighted by Crippen LogP contribution is 2.32. The van der Waals surface area contributed by atoms with Crippen molar-refractivity contribution < 1.29 is 20.1 Å². The van der Waals surface area contributed by atoms with E-state index in [0.29, 0.717) is 0 Å². The first kappa shape index (κ1) is 17.2. The van der Waals surface area contributed by atoms with Gasteiger partial charge in [-0.05, 0) is 28.1 Å². The van der Waals surface area contributed by atoms with E-state index in [2.05, 4.69) is 15.9 Å². The summed E-state index contributed by atoms with van der Waals surface area (Å²) in [6, 6.07) is 7.99. The van der Waals surface area contributed by atoms with Gasteiger partial charge in [0.1, 0.15) is 16.0 Å². The van der Waals surface area contributed by atoms with Gasteiger partial charge in [-0.1, -0.05) is 12.1 Å². The first-order chi connectivity index (χ1) is 10.3. The van der Waals surface area contributed by atoms with Gasteiger partial charge < -0.3 is 15.9 Å². The molecule has 2 rings (SSSR count). The van der Waals surface area contributed by atoms with Crippen molar-refractivity contribution in [3.8, 4) is 11.5 Å². The second kappa shape index (κ2) is 7.22. The van der Waals surface area contributed by atoms with Crippen molar-refractivity contribution in [2.45, 2.75) is 0 Å². The Kier molecular flexibility index (Phi) is 5.64. The minimum absolute atomic E-state index is 0.116. The van der Waals surface area contributed by atoms with Crippen molar-refractivity contribution in [1.82, 2.24) is 0 Å². The molecule has 0 aliphatic heterocycles. The maximum Gasteiger partial charge on any atom is 0.295 e. The number of benzene rings is 2. The molecule has 9 nitrogen and oxygen atoms in total. The zero-order valence-electron chi connectivity index (χ0n) is 10.8. The van der Waals surface area contributed by atoms with E-state index in [4.69, 9.17) is 15.9 Å². The van der Waals surface area contributed by atoms with E-state index in [1.54, 1.807) is 0 Å². The third-order valence-electron chi connectivity index (χ3n) is 2.41. The molecule has 2 aromatic rings. The fraction of sp³-hybridized carbons (Fsp3) is 0. The molecule has 0 bridgehead atoms. The van der Waals surface area contributed by atoms with Crippen LogP contribution in [0.4, 0.5) is 17.1 Å². The van der Waals surface area contributed by atoms with Crippen LogP contribution in [0.3, 0.4) is 0 Å². The minimum Gasteiger partial charge on any atom is -0.507 e. The molecule has 0 saturated carbocycles. The van der Waals surface area contributed by atoms with E-state index in [1.165, 1.54) is 36.4 Å². The SMILES string of the molecule is Nc1c(O)cccc1[N+](=O)[O-].O=[N+]([O-])c1cccc(O)c1Br. The number of nitro benzene ring substituents is 2. The molecule has 0 radical (unpaired) electrons. The Balaban J connectivity index is 0.000000220. The summed E-state index contributed by atoms with van der Waals surface area (Å²) in [6.45, 7) is 0. The van der Waals surface area contributed by atoms with Crippen molar-refractivity contribution in [2.75, 3.05) is 5.73 Å². The lowest BCUT2D eigenvalue weighted by Gasteiger charge is -1.97. The summed E-state index contributed by atoms with van der Waals surface area (Å²) in [5.74, 6) is -0.390. The highest BCUT2D eigenvalue weighted by atomic mass is 79.9.